The number of benzene rings is 1. The summed E-state index contributed by atoms with van der Waals surface area (Å²) in [5.74, 6) is 0.329. The fraction of sp³-hybridized carbons (Fsp3) is 0.520. The topological polar surface area (TPSA) is 56.3 Å². The molecule has 1 aromatic heterocycles. The zero-order valence-electron chi connectivity index (χ0n) is 19.1. The van der Waals surface area contributed by atoms with Crippen molar-refractivity contribution in [2.75, 3.05) is 77.0 Å². The van der Waals surface area contributed by atoms with Gasteiger partial charge in [-0.1, -0.05) is 30.3 Å². The van der Waals surface area contributed by atoms with Gasteiger partial charge in [-0.15, -0.1) is 11.3 Å². The molecule has 0 bridgehead atoms. The fourth-order valence-electron chi connectivity index (χ4n) is 4.84. The number of hydrogen-bond acceptors (Lipinski definition) is 6. The quantitative estimate of drug-likeness (QED) is 0.675. The molecule has 0 unspecified atom stereocenters. The Morgan fingerprint density at radius 3 is 2.24 bits per heavy atom. The van der Waals surface area contributed by atoms with Gasteiger partial charge in [0.15, 0.2) is 0 Å². The van der Waals surface area contributed by atoms with Crippen LogP contribution in [-0.2, 0) is 9.53 Å². The zero-order valence-corrected chi connectivity index (χ0v) is 19.9. The SMILES string of the molecule is O=C(CN1CCN(C(=O)c2cc(-c3ccccc3)c(N3CCOCC3)s2)CC1)N1CCCC1. The van der Waals surface area contributed by atoms with Crippen LogP contribution in [0.15, 0.2) is 36.4 Å². The number of hydrogen-bond donors (Lipinski definition) is 0. The maximum absolute atomic E-state index is 13.4. The highest BCUT2D eigenvalue weighted by molar-refractivity contribution is 7.18. The predicted molar refractivity (Wildman–Crippen MR) is 131 cm³/mol. The maximum Gasteiger partial charge on any atom is 0.264 e. The molecule has 3 aliphatic rings. The molecule has 3 aliphatic heterocycles. The van der Waals surface area contributed by atoms with Crippen LogP contribution in [0.4, 0.5) is 5.00 Å². The first-order valence-corrected chi connectivity index (χ1v) is 12.8. The molecule has 0 saturated carbocycles. The Balaban J connectivity index is 1.27. The van der Waals surface area contributed by atoms with E-state index in [9.17, 15) is 9.59 Å². The van der Waals surface area contributed by atoms with E-state index in [2.05, 4.69) is 28.0 Å². The molecule has 3 saturated heterocycles. The Morgan fingerprint density at radius 1 is 0.848 bits per heavy atom. The molecule has 1 aromatic carbocycles. The average molecular weight is 469 g/mol. The van der Waals surface area contributed by atoms with Crippen LogP contribution in [0.3, 0.4) is 0 Å². The standard InChI is InChI=1S/C25H32N4O3S/c30-23(27-8-4-5-9-27)19-26-10-12-28(13-11-26)24(31)22-18-21(20-6-2-1-3-7-20)25(33-22)29-14-16-32-17-15-29/h1-3,6-7,18H,4-5,8-17,19H2. The van der Waals surface area contributed by atoms with E-state index in [1.807, 2.05) is 28.0 Å². The van der Waals surface area contributed by atoms with Crippen LogP contribution in [0.5, 0.6) is 0 Å². The summed E-state index contributed by atoms with van der Waals surface area (Å²) in [6.45, 7) is 8.21. The Hall–Kier alpha value is -2.42. The number of ether oxygens (including phenoxy) is 1. The van der Waals surface area contributed by atoms with Gasteiger partial charge in [0.2, 0.25) is 5.91 Å². The summed E-state index contributed by atoms with van der Waals surface area (Å²) in [5.41, 5.74) is 2.26. The number of carbonyl (C=O) groups excluding carboxylic acids is 2. The normalized spacial score (nSPS) is 19.8. The summed E-state index contributed by atoms with van der Waals surface area (Å²) in [5, 5.41) is 1.16. The van der Waals surface area contributed by atoms with Crippen LogP contribution in [0, 0.1) is 0 Å². The molecule has 33 heavy (non-hydrogen) atoms. The number of anilines is 1. The van der Waals surface area contributed by atoms with Crippen LogP contribution in [0.25, 0.3) is 11.1 Å². The van der Waals surface area contributed by atoms with Crippen molar-refractivity contribution in [1.82, 2.24) is 14.7 Å². The smallest absolute Gasteiger partial charge is 0.264 e. The minimum atomic E-state index is 0.0993. The van der Waals surface area contributed by atoms with Crippen molar-refractivity contribution in [2.24, 2.45) is 0 Å². The Bertz CT molecular complexity index is 959. The van der Waals surface area contributed by atoms with E-state index in [4.69, 9.17) is 4.74 Å². The van der Waals surface area contributed by atoms with Crippen LogP contribution < -0.4 is 4.90 Å². The predicted octanol–water partition coefficient (Wildman–Crippen LogP) is 2.63. The number of thiophene rings is 1. The van der Waals surface area contributed by atoms with E-state index in [0.717, 1.165) is 73.1 Å². The number of morpholine rings is 1. The summed E-state index contributed by atoms with van der Waals surface area (Å²) < 4.78 is 5.54. The van der Waals surface area contributed by atoms with Crippen LogP contribution >= 0.6 is 11.3 Å². The van der Waals surface area contributed by atoms with Crippen LogP contribution in [0.1, 0.15) is 22.5 Å². The number of amides is 2. The van der Waals surface area contributed by atoms with Crippen molar-refractivity contribution >= 4 is 28.2 Å². The van der Waals surface area contributed by atoms with Crippen molar-refractivity contribution in [2.45, 2.75) is 12.8 Å². The molecule has 7 nitrogen and oxygen atoms in total. The summed E-state index contributed by atoms with van der Waals surface area (Å²) in [4.78, 5) is 35.1. The number of carbonyl (C=O) groups is 2. The van der Waals surface area contributed by atoms with Crippen LogP contribution in [-0.4, -0.2) is 98.6 Å². The molecule has 176 valence electrons. The highest BCUT2D eigenvalue weighted by Gasteiger charge is 2.28. The van der Waals surface area contributed by atoms with Gasteiger partial charge in [-0.25, -0.2) is 0 Å². The van der Waals surface area contributed by atoms with Gasteiger partial charge in [0.25, 0.3) is 5.91 Å². The summed E-state index contributed by atoms with van der Waals surface area (Å²) in [7, 11) is 0. The highest BCUT2D eigenvalue weighted by atomic mass is 32.1. The third-order valence-electron chi connectivity index (χ3n) is 6.78. The average Bonchev–Trinajstić information content (AvgIpc) is 3.56. The van der Waals surface area contributed by atoms with E-state index in [1.54, 1.807) is 11.3 Å². The second-order valence-electron chi connectivity index (χ2n) is 8.95. The van der Waals surface area contributed by atoms with Crippen LogP contribution in [0.2, 0.25) is 0 Å². The molecule has 0 aliphatic carbocycles. The Labute approximate surface area is 199 Å². The van der Waals surface area contributed by atoms with Crippen molar-refractivity contribution < 1.29 is 14.3 Å². The third-order valence-corrected chi connectivity index (χ3v) is 7.97. The molecule has 5 rings (SSSR count). The lowest BCUT2D eigenvalue weighted by Gasteiger charge is -2.34. The summed E-state index contributed by atoms with van der Waals surface area (Å²) >= 11 is 1.60. The zero-order chi connectivity index (χ0) is 22.6. The van der Waals surface area contributed by atoms with Gasteiger partial charge >= 0.3 is 0 Å². The number of piperazine rings is 1. The Morgan fingerprint density at radius 2 is 1.55 bits per heavy atom. The van der Waals surface area contributed by atoms with Crippen molar-refractivity contribution in [3.8, 4) is 11.1 Å². The minimum absolute atomic E-state index is 0.0993. The lowest BCUT2D eigenvalue weighted by Crippen LogP contribution is -2.51. The Kier molecular flexibility index (Phi) is 6.94. The molecular formula is C25H32N4O3S. The van der Waals surface area contributed by atoms with E-state index in [0.29, 0.717) is 32.8 Å². The number of likely N-dealkylation sites (tertiary alicyclic amines) is 1. The first kappa shape index (κ1) is 22.4. The van der Waals surface area contributed by atoms with E-state index < -0.39 is 0 Å². The molecule has 0 radical (unpaired) electrons. The van der Waals surface area contributed by atoms with Gasteiger partial charge in [-0.05, 0) is 24.5 Å². The minimum Gasteiger partial charge on any atom is -0.378 e. The van der Waals surface area contributed by atoms with Crippen molar-refractivity contribution in [1.29, 1.82) is 0 Å². The van der Waals surface area contributed by atoms with E-state index in [1.165, 1.54) is 0 Å². The van der Waals surface area contributed by atoms with E-state index in [-0.39, 0.29) is 11.8 Å². The molecule has 8 heteroatoms. The van der Waals surface area contributed by atoms with Gasteiger partial charge in [-0.3, -0.25) is 14.5 Å². The second kappa shape index (κ2) is 10.2. The largest absolute Gasteiger partial charge is 0.378 e. The van der Waals surface area contributed by atoms with Crippen molar-refractivity contribution in [3.63, 3.8) is 0 Å². The lowest BCUT2D eigenvalue weighted by atomic mass is 10.1. The molecule has 0 spiro atoms. The lowest BCUT2D eigenvalue weighted by molar-refractivity contribution is -0.131. The van der Waals surface area contributed by atoms with Gasteiger partial charge in [-0.2, -0.15) is 0 Å². The van der Waals surface area contributed by atoms with E-state index >= 15 is 0 Å². The fourth-order valence-corrected chi connectivity index (χ4v) is 6.04. The van der Waals surface area contributed by atoms with Gasteiger partial charge in [0.1, 0.15) is 0 Å². The maximum atomic E-state index is 13.4. The highest BCUT2D eigenvalue weighted by Crippen LogP contribution is 2.40. The first-order valence-electron chi connectivity index (χ1n) is 12.0. The van der Waals surface area contributed by atoms with Crippen molar-refractivity contribution in [3.05, 3.63) is 41.3 Å². The van der Waals surface area contributed by atoms with Gasteiger partial charge in [0.05, 0.1) is 29.6 Å². The molecule has 2 aromatic rings. The van der Waals surface area contributed by atoms with Gasteiger partial charge in [0, 0.05) is 57.9 Å². The third kappa shape index (κ3) is 5.08. The van der Waals surface area contributed by atoms with Gasteiger partial charge < -0.3 is 19.4 Å². The summed E-state index contributed by atoms with van der Waals surface area (Å²) in [6, 6.07) is 12.4. The second-order valence-corrected chi connectivity index (χ2v) is 9.98. The summed E-state index contributed by atoms with van der Waals surface area (Å²) in [6.07, 6.45) is 2.23. The molecule has 2 amide bonds. The molecular weight excluding hydrogens is 436 g/mol. The molecule has 0 atom stereocenters. The number of nitrogens with zero attached hydrogens (tertiary/aromatic N) is 4. The monoisotopic (exact) mass is 468 g/mol. The number of rotatable bonds is 5. The molecule has 4 heterocycles. The molecule has 0 N–H and O–H groups in total. The first-order chi connectivity index (χ1) is 16.2. The molecule has 3 fully saturated rings.